The molecule has 0 aliphatic rings. The zero-order chi connectivity index (χ0) is 15.9. The lowest BCUT2D eigenvalue weighted by molar-refractivity contribution is -0.305. The molecule has 0 bridgehead atoms. The minimum Gasteiger partial charge on any atom is -0.411 e. The fourth-order valence-electron chi connectivity index (χ4n) is 0.642. The third kappa shape index (κ3) is 26.6. The summed E-state index contributed by atoms with van der Waals surface area (Å²) in [4.78, 5) is 0. The van der Waals surface area contributed by atoms with E-state index in [-0.39, 0.29) is 10.8 Å². The Bertz CT molecular complexity index is 279. The average molecular weight is 301 g/mol. The Morgan fingerprint density at radius 3 is 1.95 bits per heavy atom. The number of ether oxygens (including phenoxy) is 1. The second-order valence-electron chi connectivity index (χ2n) is 3.09. The highest BCUT2D eigenvalue weighted by molar-refractivity contribution is 6.31. The van der Waals surface area contributed by atoms with Crippen LogP contribution in [0.2, 0.25) is 0 Å². The van der Waals surface area contributed by atoms with Crippen molar-refractivity contribution in [2.45, 2.75) is 54.3 Å². The van der Waals surface area contributed by atoms with Crippen molar-refractivity contribution in [1.82, 2.24) is 0 Å². The average Bonchev–Trinajstić information content (AvgIpc) is 2.27. The lowest BCUT2D eigenvalue weighted by Crippen LogP contribution is -2.11. The van der Waals surface area contributed by atoms with E-state index in [0.717, 1.165) is 6.08 Å². The smallest absolute Gasteiger partial charge is 0.411 e. The van der Waals surface area contributed by atoms with Crippen molar-refractivity contribution >= 4 is 11.6 Å². The van der Waals surface area contributed by atoms with Crippen LogP contribution in [0.15, 0.2) is 35.1 Å². The highest BCUT2D eigenvalue weighted by Gasteiger charge is 2.30. The molecule has 1 nitrogen and oxygen atoms in total. The Balaban J connectivity index is -0.000000445. The Morgan fingerprint density at radius 1 is 1.21 bits per heavy atom. The topological polar surface area (TPSA) is 9.23 Å². The van der Waals surface area contributed by atoms with Crippen molar-refractivity contribution in [2.24, 2.45) is 0 Å². The molecule has 5 heteroatoms. The van der Waals surface area contributed by atoms with Crippen molar-refractivity contribution in [2.75, 3.05) is 0 Å². The first-order chi connectivity index (χ1) is 8.76. The number of hydrogen-bond acceptors (Lipinski definition) is 1. The highest BCUT2D eigenvalue weighted by Crippen LogP contribution is 2.21. The van der Waals surface area contributed by atoms with Crippen molar-refractivity contribution < 1.29 is 17.9 Å². The van der Waals surface area contributed by atoms with Crippen LogP contribution < -0.4 is 0 Å². The van der Waals surface area contributed by atoms with Crippen molar-refractivity contribution in [3.8, 4) is 0 Å². The molecule has 0 radical (unpaired) electrons. The van der Waals surface area contributed by atoms with Gasteiger partial charge in [0.15, 0.2) is 0 Å². The molecule has 0 heterocycles. The van der Waals surface area contributed by atoms with E-state index < -0.39 is 6.36 Å². The minimum absolute atomic E-state index is 0.171. The maximum atomic E-state index is 11.7. The molecule has 0 amide bonds. The Hall–Kier alpha value is -0.900. The standard InChI is InChI=1S/C9H10ClF3O.C3H8.C2H6/c1-3-4-5-8(10)6-7(2)14-9(11,12)13;1-3-2;1-2/h3-6H,1-2H3;3H2,1-2H3;1-2H3/b4-3-,7-6+,8-5+;;. The van der Waals surface area contributed by atoms with Gasteiger partial charge in [-0.1, -0.05) is 57.9 Å². The first-order valence-corrected chi connectivity index (χ1v) is 6.57. The number of allylic oxidation sites excluding steroid dienone is 6. The first kappa shape index (κ1) is 23.2. The van der Waals surface area contributed by atoms with Crippen molar-refractivity contribution in [1.29, 1.82) is 0 Å². The summed E-state index contributed by atoms with van der Waals surface area (Å²) in [6.07, 6.45) is 2.45. The van der Waals surface area contributed by atoms with Gasteiger partial charge in [-0.2, -0.15) is 0 Å². The van der Waals surface area contributed by atoms with Gasteiger partial charge in [0.2, 0.25) is 0 Å². The number of alkyl halides is 3. The van der Waals surface area contributed by atoms with Gasteiger partial charge in [0, 0.05) is 5.03 Å². The second kappa shape index (κ2) is 15.2. The maximum absolute atomic E-state index is 11.7. The normalized spacial score (nSPS) is 12.3. The summed E-state index contributed by atoms with van der Waals surface area (Å²) < 4.78 is 38.6. The number of halogens is 4. The summed E-state index contributed by atoms with van der Waals surface area (Å²) in [6, 6.07) is 0. The largest absolute Gasteiger partial charge is 0.572 e. The molecule has 0 fully saturated rings. The van der Waals surface area contributed by atoms with E-state index in [2.05, 4.69) is 18.6 Å². The van der Waals surface area contributed by atoms with Crippen LogP contribution in [0.5, 0.6) is 0 Å². The van der Waals surface area contributed by atoms with Gasteiger partial charge in [-0.15, -0.1) is 13.2 Å². The van der Waals surface area contributed by atoms with Gasteiger partial charge in [-0.05, 0) is 26.0 Å². The summed E-state index contributed by atoms with van der Waals surface area (Å²) in [5.74, 6) is -0.303. The van der Waals surface area contributed by atoms with Gasteiger partial charge in [-0.3, -0.25) is 0 Å². The molecule has 0 unspecified atom stereocenters. The van der Waals surface area contributed by atoms with Crippen LogP contribution in [0.3, 0.4) is 0 Å². The van der Waals surface area contributed by atoms with Crippen LogP contribution in [0.1, 0.15) is 48.0 Å². The monoisotopic (exact) mass is 300 g/mol. The van der Waals surface area contributed by atoms with E-state index in [1.807, 2.05) is 13.8 Å². The fourth-order valence-corrected chi connectivity index (χ4v) is 0.869. The highest BCUT2D eigenvalue weighted by atomic mass is 35.5. The molecule has 0 saturated heterocycles. The lowest BCUT2D eigenvalue weighted by atomic mass is 10.4. The van der Waals surface area contributed by atoms with Crippen molar-refractivity contribution in [3.05, 3.63) is 35.1 Å². The van der Waals surface area contributed by atoms with E-state index in [0.29, 0.717) is 0 Å². The zero-order valence-electron chi connectivity index (χ0n) is 12.4. The number of rotatable bonds is 3. The quantitative estimate of drug-likeness (QED) is 0.423. The predicted molar refractivity (Wildman–Crippen MR) is 77.0 cm³/mol. The van der Waals surface area contributed by atoms with E-state index >= 15 is 0 Å². The third-order valence-electron chi connectivity index (χ3n) is 1.07. The molecule has 0 atom stereocenters. The van der Waals surface area contributed by atoms with Gasteiger partial charge in [0.1, 0.15) is 5.76 Å². The molecule has 0 rings (SSSR count). The molecule has 0 aromatic heterocycles. The molecule has 0 saturated carbocycles. The Morgan fingerprint density at radius 2 is 1.63 bits per heavy atom. The molecule has 0 aromatic carbocycles. The maximum Gasteiger partial charge on any atom is 0.572 e. The molecule has 0 aliphatic heterocycles. The molecular weight excluding hydrogens is 277 g/mol. The van der Waals surface area contributed by atoms with E-state index in [1.54, 1.807) is 19.1 Å². The zero-order valence-corrected chi connectivity index (χ0v) is 13.2. The predicted octanol–water partition coefficient (Wildman–Crippen LogP) is 6.57. The lowest BCUT2D eigenvalue weighted by Gasteiger charge is -2.08. The van der Waals surface area contributed by atoms with Crippen LogP contribution in [-0.2, 0) is 4.74 Å². The third-order valence-corrected chi connectivity index (χ3v) is 1.30. The molecule has 0 aromatic rings. The minimum atomic E-state index is -4.67. The Labute approximate surface area is 119 Å². The van der Waals surface area contributed by atoms with Gasteiger partial charge in [0.05, 0.1) is 0 Å². The first-order valence-electron chi connectivity index (χ1n) is 6.19. The summed E-state index contributed by atoms with van der Waals surface area (Å²) in [5.41, 5.74) is 0. The number of hydrogen-bond donors (Lipinski definition) is 0. The van der Waals surface area contributed by atoms with Crippen LogP contribution >= 0.6 is 11.6 Å². The molecule has 19 heavy (non-hydrogen) atoms. The fraction of sp³-hybridized carbons (Fsp3) is 0.571. The van der Waals surface area contributed by atoms with Gasteiger partial charge in [0.25, 0.3) is 0 Å². The van der Waals surface area contributed by atoms with Crippen LogP contribution in [0, 0.1) is 0 Å². The second-order valence-corrected chi connectivity index (χ2v) is 3.52. The molecule has 0 spiro atoms. The van der Waals surface area contributed by atoms with Gasteiger partial charge >= 0.3 is 6.36 Å². The van der Waals surface area contributed by atoms with E-state index in [9.17, 15) is 13.2 Å². The van der Waals surface area contributed by atoms with Crippen LogP contribution in [0.4, 0.5) is 13.2 Å². The SMILES string of the molecule is CC.CCC.C\C=C/C=C(Cl)\C=C(/C)OC(F)(F)F. The van der Waals surface area contributed by atoms with Gasteiger partial charge in [-0.25, -0.2) is 0 Å². The summed E-state index contributed by atoms with van der Waals surface area (Å²) in [7, 11) is 0. The summed E-state index contributed by atoms with van der Waals surface area (Å²) in [6.45, 7) is 11.2. The van der Waals surface area contributed by atoms with E-state index in [4.69, 9.17) is 11.6 Å². The molecule has 0 N–H and O–H groups in total. The molecule has 0 aliphatic carbocycles. The van der Waals surface area contributed by atoms with Gasteiger partial charge < -0.3 is 4.74 Å². The molecule has 114 valence electrons. The summed E-state index contributed by atoms with van der Waals surface area (Å²) in [5, 5.41) is 0.171. The Kier molecular flexibility index (Phi) is 18.5. The van der Waals surface area contributed by atoms with E-state index in [1.165, 1.54) is 19.4 Å². The van der Waals surface area contributed by atoms with Crippen LogP contribution in [0.25, 0.3) is 0 Å². The van der Waals surface area contributed by atoms with Crippen LogP contribution in [-0.4, -0.2) is 6.36 Å². The molecular formula is C14H24ClF3O. The van der Waals surface area contributed by atoms with Crippen molar-refractivity contribution in [3.63, 3.8) is 0 Å². The summed E-state index contributed by atoms with van der Waals surface area (Å²) >= 11 is 5.57.